The lowest BCUT2D eigenvalue weighted by molar-refractivity contribution is -0.122. The molecule has 1 amide bonds. The van der Waals surface area contributed by atoms with Crippen LogP contribution in [-0.2, 0) is 11.3 Å². The van der Waals surface area contributed by atoms with Crippen molar-refractivity contribution in [2.45, 2.75) is 31.8 Å². The normalized spacial score (nSPS) is 19.0. The number of nitrogens with one attached hydrogen (secondary N) is 2. The quantitative estimate of drug-likeness (QED) is 0.906. The summed E-state index contributed by atoms with van der Waals surface area (Å²) in [5, 5.41) is 9.17. The zero-order valence-corrected chi connectivity index (χ0v) is 12.5. The van der Waals surface area contributed by atoms with Crippen LogP contribution in [0.1, 0.15) is 25.0 Å². The van der Waals surface area contributed by atoms with E-state index >= 15 is 0 Å². The minimum absolute atomic E-state index is 0.104. The van der Waals surface area contributed by atoms with Crippen LogP contribution in [0.5, 0.6) is 0 Å². The van der Waals surface area contributed by atoms with E-state index in [4.69, 9.17) is 0 Å². The summed E-state index contributed by atoms with van der Waals surface area (Å²) in [4.78, 5) is 20.7. The molecule has 3 heterocycles. The number of thiazole rings is 1. The molecule has 0 unspecified atom stereocenters. The number of carbonyl (C=O) groups is 1. The molecule has 6 heteroatoms. The van der Waals surface area contributed by atoms with Gasteiger partial charge in [-0.1, -0.05) is 6.07 Å². The number of nitrogens with zero attached hydrogens (tertiary/aromatic N) is 2. The number of hydrogen-bond donors (Lipinski definition) is 2. The van der Waals surface area contributed by atoms with E-state index in [1.807, 2.05) is 23.6 Å². The summed E-state index contributed by atoms with van der Waals surface area (Å²) in [5.74, 6) is 0.104. The van der Waals surface area contributed by atoms with Crippen molar-refractivity contribution in [2.24, 2.45) is 0 Å². The largest absolute Gasteiger partial charge is 0.355 e. The molecule has 0 bridgehead atoms. The molecule has 1 fully saturated rings. The van der Waals surface area contributed by atoms with Gasteiger partial charge in [0.1, 0.15) is 5.01 Å². The Morgan fingerprint density at radius 2 is 2.33 bits per heavy atom. The third-order valence-corrected chi connectivity index (χ3v) is 4.41. The number of amides is 1. The first-order chi connectivity index (χ1) is 10.3. The van der Waals surface area contributed by atoms with Crippen molar-refractivity contribution in [3.63, 3.8) is 0 Å². The molecule has 5 nitrogen and oxygen atoms in total. The first-order valence-electron chi connectivity index (χ1n) is 7.20. The first kappa shape index (κ1) is 14.2. The second-order valence-corrected chi connectivity index (χ2v) is 5.94. The minimum Gasteiger partial charge on any atom is -0.355 e. The van der Waals surface area contributed by atoms with Gasteiger partial charge in [-0.2, -0.15) is 0 Å². The van der Waals surface area contributed by atoms with Gasteiger partial charge in [-0.05, 0) is 31.4 Å². The summed E-state index contributed by atoms with van der Waals surface area (Å²) >= 11 is 1.58. The van der Waals surface area contributed by atoms with Crippen molar-refractivity contribution >= 4 is 17.2 Å². The molecule has 21 heavy (non-hydrogen) atoms. The third-order valence-electron chi connectivity index (χ3n) is 3.50. The third kappa shape index (κ3) is 3.65. The highest BCUT2D eigenvalue weighted by Crippen LogP contribution is 2.21. The van der Waals surface area contributed by atoms with E-state index < -0.39 is 0 Å². The molecule has 1 aliphatic heterocycles. The maximum absolute atomic E-state index is 11.9. The highest BCUT2D eigenvalue weighted by Gasteiger charge is 2.20. The predicted octanol–water partition coefficient (Wildman–Crippen LogP) is 1.96. The van der Waals surface area contributed by atoms with Crippen LogP contribution in [0.2, 0.25) is 0 Å². The summed E-state index contributed by atoms with van der Waals surface area (Å²) < 4.78 is 0. The van der Waals surface area contributed by atoms with Gasteiger partial charge in [0.05, 0.1) is 17.4 Å². The molecular weight excluding hydrogens is 284 g/mol. The molecule has 0 aliphatic carbocycles. The van der Waals surface area contributed by atoms with Crippen molar-refractivity contribution in [1.29, 1.82) is 0 Å². The van der Waals surface area contributed by atoms with Gasteiger partial charge in [0.25, 0.3) is 0 Å². The number of aromatic nitrogens is 2. The summed E-state index contributed by atoms with van der Waals surface area (Å²) in [6, 6.07) is 5.70. The Hall–Kier alpha value is -1.79. The Bertz CT molecular complexity index is 599. The van der Waals surface area contributed by atoms with E-state index in [9.17, 15) is 4.79 Å². The fourth-order valence-corrected chi connectivity index (χ4v) is 3.15. The van der Waals surface area contributed by atoms with Crippen LogP contribution < -0.4 is 10.6 Å². The van der Waals surface area contributed by atoms with E-state index in [1.54, 1.807) is 17.5 Å². The fraction of sp³-hybridized carbons (Fsp3) is 0.400. The molecule has 2 aromatic heterocycles. The number of rotatable bonds is 4. The zero-order valence-electron chi connectivity index (χ0n) is 11.7. The van der Waals surface area contributed by atoms with Crippen LogP contribution >= 0.6 is 11.3 Å². The predicted molar refractivity (Wildman–Crippen MR) is 82.8 cm³/mol. The van der Waals surface area contributed by atoms with E-state index in [2.05, 4.69) is 20.6 Å². The lowest BCUT2D eigenvalue weighted by Crippen LogP contribution is -2.42. The van der Waals surface area contributed by atoms with Crippen LogP contribution in [0.15, 0.2) is 29.8 Å². The Morgan fingerprint density at radius 1 is 1.38 bits per heavy atom. The fourth-order valence-electron chi connectivity index (χ4n) is 2.36. The molecule has 0 spiro atoms. The molecule has 110 valence electrons. The van der Waals surface area contributed by atoms with E-state index in [0.717, 1.165) is 42.2 Å². The van der Waals surface area contributed by atoms with Crippen molar-refractivity contribution in [2.75, 3.05) is 6.54 Å². The highest BCUT2D eigenvalue weighted by atomic mass is 32.1. The Morgan fingerprint density at radius 3 is 3.19 bits per heavy atom. The Balaban J connectivity index is 1.61. The molecule has 0 saturated carbocycles. The summed E-state index contributed by atoms with van der Waals surface area (Å²) in [5.41, 5.74) is 1.85. The van der Waals surface area contributed by atoms with Crippen molar-refractivity contribution in [3.8, 4) is 10.7 Å². The molecular formula is C15H18N4OS. The molecule has 1 saturated heterocycles. The average Bonchev–Trinajstić information content (AvgIpc) is 2.90. The monoisotopic (exact) mass is 302 g/mol. The van der Waals surface area contributed by atoms with Crippen molar-refractivity contribution in [3.05, 3.63) is 35.5 Å². The topological polar surface area (TPSA) is 66.9 Å². The molecule has 1 atom stereocenters. The molecule has 0 aromatic carbocycles. The van der Waals surface area contributed by atoms with Gasteiger partial charge >= 0.3 is 0 Å². The second kappa shape index (κ2) is 6.78. The standard InChI is InChI=1S/C15H18N4OS/c20-14-12(5-1-4-8-17-14)18-9-11-10-21-15(19-11)13-6-2-3-7-16-13/h2-3,6-7,10,12,18H,1,4-5,8-9H2,(H,17,20)/t12-/m0/s1. The molecule has 0 radical (unpaired) electrons. The van der Waals surface area contributed by atoms with Gasteiger partial charge in [-0.15, -0.1) is 11.3 Å². The SMILES string of the molecule is O=C1NCCCC[C@@H]1NCc1csc(-c2ccccn2)n1. The number of hydrogen-bond acceptors (Lipinski definition) is 5. The highest BCUT2D eigenvalue weighted by molar-refractivity contribution is 7.13. The maximum Gasteiger partial charge on any atom is 0.237 e. The molecule has 3 rings (SSSR count). The first-order valence-corrected chi connectivity index (χ1v) is 8.08. The Kier molecular flexibility index (Phi) is 4.57. The molecule has 2 aromatic rings. The zero-order chi connectivity index (χ0) is 14.5. The minimum atomic E-state index is -0.104. The lowest BCUT2D eigenvalue weighted by Gasteiger charge is -2.13. The summed E-state index contributed by atoms with van der Waals surface area (Å²) in [6.07, 6.45) is 4.80. The van der Waals surface area contributed by atoms with Crippen LogP contribution in [0, 0.1) is 0 Å². The van der Waals surface area contributed by atoms with Gasteiger partial charge in [0.15, 0.2) is 0 Å². The lowest BCUT2D eigenvalue weighted by atomic mass is 10.1. The van der Waals surface area contributed by atoms with Crippen LogP contribution in [0.3, 0.4) is 0 Å². The van der Waals surface area contributed by atoms with Crippen molar-refractivity contribution in [1.82, 2.24) is 20.6 Å². The molecule has 1 aliphatic rings. The smallest absolute Gasteiger partial charge is 0.237 e. The van der Waals surface area contributed by atoms with Crippen LogP contribution in [0.25, 0.3) is 10.7 Å². The van der Waals surface area contributed by atoms with E-state index in [-0.39, 0.29) is 11.9 Å². The van der Waals surface area contributed by atoms with Crippen LogP contribution in [0.4, 0.5) is 0 Å². The summed E-state index contributed by atoms with van der Waals surface area (Å²) in [6.45, 7) is 1.40. The van der Waals surface area contributed by atoms with Gasteiger partial charge < -0.3 is 10.6 Å². The number of carbonyl (C=O) groups excluding carboxylic acids is 1. The Labute approximate surface area is 127 Å². The van der Waals surface area contributed by atoms with Crippen LogP contribution in [-0.4, -0.2) is 28.5 Å². The summed E-state index contributed by atoms with van der Waals surface area (Å²) in [7, 11) is 0. The maximum atomic E-state index is 11.9. The van der Waals surface area contributed by atoms with Gasteiger partial charge in [-0.3, -0.25) is 9.78 Å². The second-order valence-electron chi connectivity index (χ2n) is 5.08. The number of pyridine rings is 1. The van der Waals surface area contributed by atoms with Gasteiger partial charge in [-0.25, -0.2) is 4.98 Å². The van der Waals surface area contributed by atoms with E-state index in [0.29, 0.717) is 6.54 Å². The van der Waals surface area contributed by atoms with E-state index in [1.165, 1.54) is 0 Å². The van der Waals surface area contributed by atoms with Crippen molar-refractivity contribution < 1.29 is 4.79 Å². The molecule has 2 N–H and O–H groups in total. The van der Waals surface area contributed by atoms with Gasteiger partial charge in [0, 0.05) is 24.7 Å². The average molecular weight is 302 g/mol. The van der Waals surface area contributed by atoms with Gasteiger partial charge in [0.2, 0.25) is 5.91 Å².